The second-order valence-corrected chi connectivity index (χ2v) is 10.1. The summed E-state index contributed by atoms with van der Waals surface area (Å²) in [6.07, 6.45) is 1.64. The van der Waals surface area contributed by atoms with Crippen LogP contribution in [-0.4, -0.2) is 61.7 Å². The summed E-state index contributed by atoms with van der Waals surface area (Å²) in [6, 6.07) is 20.1. The molecule has 208 valence electrons. The van der Waals surface area contributed by atoms with Crippen molar-refractivity contribution in [2.45, 2.75) is 18.3 Å². The molecule has 1 fully saturated rings. The van der Waals surface area contributed by atoms with Gasteiger partial charge in [0.2, 0.25) is 5.95 Å². The number of nitrogen functional groups attached to an aromatic ring is 1. The Labute approximate surface area is 233 Å². The van der Waals surface area contributed by atoms with Gasteiger partial charge in [0.15, 0.2) is 17.5 Å². The van der Waals surface area contributed by atoms with Crippen LogP contribution in [0.4, 0.5) is 21.8 Å². The second kappa shape index (κ2) is 11.3. The van der Waals surface area contributed by atoms with Crippen LogP contribution in [0.1, 0.15) is 18.4 Å². The number of likely N-dealkylation sites (N-methyl/N-ethyl adjacent to an activating group) is 1. The third kappa shape index (κ3) is 5.42. The minimum atomic E-state index is -0.303. The fourth-order valence-electron chi connectivity index (χ4n) is 5.40. The van der Waals surface area contributed by atoms with Crippen LogP contribution in [0.5, 0.6) is 11.5 Å². The van der Waals surface area contributed by atoms with Crippen molar-refractivity contribution in [3.8, 4) is 11.5 Å². The van der Waals surface area contributed by atoms with Crippen molar-refractivity contribution in [3.63, 3.8) is 0 Å². The van der Waals surface area contributed by atoms with Crippen LogP contribution in [0.15, 0.2) is 66.7 Å². The first-order valence-corrected chi connectivity index (χ1v) is 13.1. The predicted octanol–water partition coefficient (Wildman–Crippen LogP) is 4.89. The van der Waals surface area contributed by atoms with E-state index >= 15 is 0 Å². The SMILES string of the molecule is COc1cc2nc(N(C)CC3(c4ccccc4)CCN(C(=N)Nc4ccc(F)cc4)CC3)nc(N)c2cc1OC. The van der Waals surface area contributed by atoms with Crippen LogP contribution in [-0.2, 0) is 5.41 Å². The zero-order valence-electron chi connectivity index (χ0n) is 22.9. The first-order valence-electron chi connectivity index (χ1n) is 13.1. The van der Waals surface area contributed by atoms with E-state index in [1.165, 1.54) is 17.7 Å². The van der Waals surface area contributed by atoms with Crippen LogP contribution in [0.25, 0.3) is 10.9 Å². The van der Waals surface area contributed by atoms with E-state index in [-0.39, 0.29) is 11.2 Å². The number of piperidine rings is 1. The molecule has 10 heteroatoms. The van der Waals surface area contributed by atoms with Gasteiger partial charge in [-0.1, -0.05) is 30.3 Å². The lowest BCUT2D eigenvalue weighted by Crippen LogP contribution is -2.51. The molecule has 0 spiro atoms. The fourth-order valence-corrected chi connectivity index (χ4v) is 5.40. The van der Waals surface area contributed by atoms with Gasteiger partial charge in [-0.3, -0.25) is 5.41 Å². The highest BCUT2D eigenvalue weighted by Crippen LogP contribution is 2.38. The molecule has 0 atom stereocenters. The molecule has 0 saturated carbocycles. The molecular weight excluding hydrogens is 509 g/mol. The van der Waals surface area contributed by atoms with Gasteiger partial charge in [-0.25, -0.2) is 9.37 Å². The van der Waals surface area contributed by atoms with Crippen LogP contribution >= 0.6 is 0 Å². The highest BCUT2D eigenvalue weighted by Gasteiger charge is 2.38. The van der Waals surface area contributed by atoms with Gasteiger partial charge in [0.05, 0.1) is 19.7 Å². The predicted molar refractivity (Wildman–Crippen MR) is 157 cm³/mol. The monoisotopic (exact) mass is 543 g/mol. The van der Waals surface area contributed by atoms with Crippen LogP contribution in [0.3, 0.4) is 0 Å². The number of fused-ring (bicyclic) bond motifs is 1. The molecular formula is C30H34FN7O2. The summed E-state index contributed by atoms with van der Waals surface area (Å²) in [5.41, 5.74) is 8.79. The number of nitrogens with one attached hydrogen (secondary N) is 2. The Balaban J connectivity index is 1.38. The summed E-state index contributed by atoms with van der Waals surface area (Å²) < 4.78 is 24.2. The number of likely N-dealkylation sites (tertiary alicyclic amines) is 1. The number of methoxy groups -OCH3 is 2. The van der Waals surface area contributed by atoms with Crippen molar-refractivity contribution in [1.82, 2.24) is 14.9 Å². The molecule has 2 heterocycles. The van der Waals surface area contributed by atoms with Gasteiger partial charge in [0.1, 0.15) is 11.6 Å². The number of hydrogen-bond acceptors (Lipinski definition) is 7. The highest BCUT2D eigenvalue weighted by atomic mass is 19.1. The van der Waals surface area contributed by atoms with Gasteiger partial charge in [0, 0.05) is 49.2 Å². The summed E-state index contributed by atoms with van der Waals surface area (Å²) >= 11 is 0. The van der Waals surface area contributed by atoms with Crippen LogP contribution in [0.2, 0.25) is 0 Å². The number of aromatic nitrogens is 2. The summed E-state index contributed by atoms with van der Waals surface area (Å²) in [5.74, 6) is 2.05. The molecule has 0 aliphatic carbocycles. The third-order valence-electron chi connectivity index (χ3n) is 7.63. The first-order chi connectivity index (χ1) is 19.3. The fraction of sp³-hybridized carbons (Fsp3) is 0.300. The molecule has 4 N–H and O–H groups in total. The maximum absolute atomic E-state index is 13.3. The molecule has 1 aliphatic heterocycles. The summed E-state index contributed by atoms with van der Waals surface area (Å²) in [7, 11) is 5.15. The highest BCUT2D eigenvalue weighted by molar-refractivity contribution is 5.92. The minimum absolute atomic E-state index is 0.187. The number of nitrogens with two attached hydrogens (primary N) is 1. The van der Waals surface area contributed by atoms with E-state index in [0.717, 1.165) is 12.8 Å². The van der Waals surface area contributed by atoms with Crippen molar-refractivity contribution in [2.24, 2.45) is 0 Å². The molecule has 9 nitrogen and oxygen atoms in total. The smallest absolute Gasteiger partial charge is 0.227 e. The molecule has 3 aromatic carbocycles. The first kappa shape index (κ1) is 27.0. The lowest BCUT2D eigenvalue weighted by molar-refractivity contribution is 0.227. The Bertz CT molecular complexity index is 1490. The number of nitrogens with zero attached hydrogens (tertiary/aromatic N) is 4. The number of benzene rings is 3. The van der Waals surface area contributed by atoms with Gasteiger partial charge >= 0.3 is 0 Å². The molecule has 0 amide bonds. The number of halogens is 1. The Kier molecular flexibility index (Phi) is 7.59. The van der Waals surface area contributed by atoms with Crippen LogP contribution < -0.4 is 25.4 Å². The average Bonchev–Trinajstić information content (AvgIpc) is 2.98. The molecule has 5 rings (SSSR count). The lowest BCUT2D eigenvalue weighted by atomic mass is 9.72. The Hall–Kier alpha value is -4.60. The summed E-state index contributed by atoms with van der Waals surface area (Å²) in [5, 5.41) is 12.4. The number of guanidine groups is 1. The zero-order chi connectivity index (χ0) is 28.3. The van der Waals surface area contributed by atoms with E-state index in [4.69, 9.17) is 25.6 Å². The largest absolute Gasteiger partial charge is 0.493 e. The van der Waals surface area contributed by atoms with E-state index in [2.05, 4.69) is 39.5 Å². The molecule has 1 saturated heterocycles. The van der Waals surface area contributed by atoms with E-state index in [9.17, 15) is 4.39 Å². The molecule has 0 unspecified atom stereocenters. The van der Waals surface area contributed by atoms with E-state index in [1.54, 1.807) is 32.4 Å². The summed E-state index contributed by atoms with van der Waals surface area (Å²) in [6.45, 7) is 2.04. The summed E-state index contributed by atoms with van der Waals surface area (Å²) in [4.78, 5) is 13.5. The van der Waals surface area contributed by atoms with Crippen molar-refractivity contribution in [2.75, 3.05) is 56.9 Å². The number of hydrogen-bond donors (Lipinski definition) is 3. The lowest BCUT2D eigenvalue weighted by Gasteiger charge is -2.44. The van der Waals surface area contributed by atoms with E-state index in [0.29, 0.717) is 65.4 Å². The van der Waals surface area contributed by atoms with Crippen LogP contribution in [0, 0.1) is 11.2 Å². The normalized spacial score (nSPS) is 14.6. The van der Waals surface area contributed by atoms with Gasteiger partial charge in [-0.15, -0.1) is 0 Å². The number of rotatable bonds is 7. The average molecular weight is 544 g/mol. The van der Waals surface area contributed by atoms with E-state index in [1.807, 2.05) is 24.1 Å². The maximum Gasteiger partial charge on any atom is 0.227 e. The Morgan fingerprint density at radius 1 is 1.02 bits per heavy atom. The van der Waals surface area contributed by atoms with E-state index < -0.39 is 0 Å². The van der Waals surface area contributed by atoms with Crippen molar-refractivity contribution >= 4 is 34.3 Å². The van der Waals surface area contributed by atoms with Crippen molar-refractivity contribution in [3.05, 3.63) is 78.1 Å². The zero-order valence-corrected chi connectivity index (χ0v) is 22.9. The topological polar surface area (TPSA) is 113 Å². The third-order valence-corrected chi connectivity index (χ3v) is 7.63. The quantitative estimate of drug-likeness (QED) is 0.223. The Morgan fingerprint density at radius 3 is 2.33 bits per heavy atom. The van der Waals surface area contributed by atoms with Gasteiger partial charge in [-0.2, -0.15) is 4.98 Å². The Morgan fingerprint density at radius 2 is 1.68 bits per heavy atom. The second-order valence-electron chi connectivity index (χ2n) is 10.1. The molecule has 0 bridgehead atoms. The molecule has 0 radical (unpaired) electrons. The standard InChI is InChI=1S/C30H34FN7O2/c1-37(29-35-24-18-26(40-3)25(39-2)17-23(24)27(32)36-29)19-30(20-7-5-4-6-8-20)13-15-38(16-14-30)28(33)34-22-11-9-21(31)10-12-22/h4-12,17-18H,13-16,19H2,1-3H3,(H2,33,34)(H2,32,35,36). The number of ether oxygens (including phenoxy) is 2. The maximum atomic E-state index is 13.3. The van der Waals surface area contributed by atoms with Gasteiger partial charge in [0.25, 0.3) is 0 Å². The molecule has 1 aliphatic rings. The van der Waals surface area contributed by atoms with Gasteiger partial charge in [-0.05, 0) is 48.7 Å². The minimum Gasteiger partial charge on any atom is -0.493 e. The molecule has 40 heavy (non-hydrogen) atoms. The van der Waals surface area contributed by atoms with Crippen molar-refractivity contribution in [1.29, 1.82) is 5.41 Å². The molecule has 1 aromatic heterocycles. The van der Waals surface area contributed by atoms with Gasteiger partial charge < -0.3 is 30.3 Å². The van der Waals surface area contributed by atoms with Crippen molar-refractivity contribution < 1.29 is 13.9 Å². The number of anilines is 3. The molecule has 4 aromatic rings.